The Hall–Kier alpha value is -7.37. The smallest absolute Gasteiger partial charge is 0.167 e. The fraction of sp³-hybridized carbons (Fsp3) is 0.169. The Bertz CT molecular complexity index is 3190. The van der Waals surface area contributed by atoms with Crippen molar-refractivity contribution in [1.29, 1.82) is 0 Å². The maximum atomic E-state index is 7.24. The van der Waals surface area contributed by atoms with E-state index in [1.54, 1.807) is 0 Å². The lowest BCUT2D eigenvalue weighted by Crippen LogP contribution is -2.29. The fourth-order valence-corrected chi connectivity index (χ4v) is 9.94. The summed E-state index contributed by atoms with van der Waals surface area (Å²) < 4.78 is 9.70. The molecular formula is C59H52N4O. The van der Waals surface area contributed by atoms with E-state index < -0.39 is 0 Å². The van der Waals surface area contributed by atoms with Crippen LogP contribution >= 0.6 is 0 Å². The summed E-state index contributed by atoms with van der Waals surface area (Å²) in [6, 6.07) is 44.0. The van der Waals surface area contributed by atoms with E-state index in [-0.39, 0.29) is 10.8 Å². The molecule has 0 atom stereocenters. The van der Waals surface area contributed by atoms with Crippen molar-refractivity contribution < 1.29 is 4.74 Å². The number of fused-ring (bicyclic) bond motifs is 4. The van der Waals surface area contributed by atoms with Gasteiger partial charge in [-0.05, 0) is 66.8 Å². The van der Waals surface area contributed by atoms with Crippen LogP contribution in [0.15, 0.2) is 181 Å². The number of hydrogen-bond donors (Lipinski definition) is 0. The minimum Gasteiger partial charge on any atom is -0.456 e. The molecule has 0 fully saturated rings. The number of aromatic nitrogens is 4. The quantitative estimate of drug-likeness (QED) is 0.143. The molecule has 2 aliphatic carbocycles. The number of benzene rings is 5. The van der Waals surface area contributed by atoms with Crippen molar-refractivity contribution in [3.63, 3.8) is 0 Å². The van der Waals surface area contributed by atoms with E-state index in [2.05, 4.69) is 156 Å². The Labute approximate surface area is 376 Å². The van der Waals surface area contributed by atoms with Gasteiger partial charge in [0.05, 0.1) is 5.56 Å². The van der Waals surface area contributed by atoms with E-state index in [1.807, 2.05) is 66.7 Å². The van der Waals surface area contributed by atoms with Crippen molar-refractivity contribution >= 4 is 18.2 Å². The number of allylic oxidation sites excluding steroid dienone is 8. The van der Waals surface area contributed by atoms with Crippen LogP contribution in [0.25, 0.3) is 58.1 Å². The molecule has 0 spiro atoms. The Kier molecular flexibility index (Phi) is 10.2. The second-order valence-corrected chi connectivity index (χ2v) is 17.9. The first-order valence-electron chi connectivity index (χ1n) is 22.3. The molecule has 5 nitrogen and oxygen atoms in total. The van der Waals surface area contributed by atoms with E-state index in [1.165, 1.54) is 44.1 Å². The third-order valence-electron chi connectivity index (χ3n) is 13.6. The van der Waals surface area contributed by atoms with E-state index in [0.29, 0.717) is 23.9 Å². The molecule has 7 aromatic rings. The Morgan fingerprint density at radius 2 is 1.31 bits per heavy atom. The van der Waals surface area contributed by atoms with Gasteiger partial charge in [0.25, 0.3) is 0 Å². The van der Waals surface area contributed by atoms with Crippen molar-refractivity contribution in [2.75, 3.05) is 0 Å². The van der Waals surface area contributed by atoms with Gasteiger partial charge in [0.1, 0.15) is 11.5 Å². The highest BCUT2D eigenvalue weighted by atomic mass is 16.5. The molecule has 0 radical (unpaired) electrons. The molecule has 1 aliphatic heterocycles. The van der Waals surface area contributed by atoms with E-state index in [4.69, 9.17) is 19.7 Å². The second kappa shape index (κ2) is 16.1. The van der Waals surface area contributed by atoms with E-state index in [0.717, 1.165) is 57.0 Å². The number of hydrogen-bond acceptors (Lipinski definition) is 4. The van der Waals surface area contributed by atoms with Crippen LogP contribution < -0.4 is 15.3 Å². The van der Waals surface area contributed by atoms with Crippen LogP contribution in [0, 0.1) is 5.41 Å². The monoisotopic (exact) mass is 832 g/mol. The molecule has 0 amide bonds. The predicted molar refractivity (Wildman–Crippen MR) is 264 cm³/mol. The van der Waals surface area contributed by atoms with Gasteiger partial charge in [-0.25, -0.2) is 15.0 Å². The molecule has 314 valence electrons. The van der Waals surface area contributed by atoms with Gasteiger partial charge in [-0.1, -0.05) is 185 Å². The standard InChI is InChI=1S/C59H52N4O/c1-8-10-29-43-38(3)58(4,5)48-35-36-52-47(37-46(43)48)44(51(9-2)63(52)42-27-18-13-19-28-42)34-33-39-26-20-31-49-53(39)64-54-45(30-21-32-50(54)59(49,6)7)57-61-55(40-22-14-11-15-23-40)60-56(62-57)41-24-16-12-17-25-41/h8-32,34-35,37H,1,33,36H2,2-7H3/b29-10-,44-34-,51-9+. The van der Waals surface area contributed by atoms with E-state index in [9.17, 15) is 0 Å². The molecule has 3 aliphatic rings. The first-order chi connectivity index (χ1) is 31.1. The van der Waals surface area contributed by atoms with Crippen LogP contribution in [-0.2, 0) is 18.3 Å². The zero-order chi connectivity index (χ0) is 44.2. The highest BCUT2D eigenvalue weighted by Gasteiger charge is 2.39. The summed E-state index contributed by atoms with van der Waals surface area (Å²) in [6.07, 6.45) is 17.2. The minimum absolute atomic E-state index is 0.0900. The van der Waals surface area contributed by atoms with Crippen molar-refractivity contribution in [1.82, 2.24) is 19.5 Å². The number of nitrogens with zero attached hydrogens (tertiary/aromatic N) is 4. The van der Waals surface area contributed by atoms with Crippen LogP contribution in [0.5, 0.6) is 11.5 Å². The largest absolute Gasteiger partial charge is 0.456 e. The summed E-state index contributed by atoms with van der Waals surface area (Å²) in [5.74, 6) is 3.47. The summed E-state index contributed by atoms with van der Waals surface area (Å²) in [4.78, 5) is 15.2. The molecule has 3 heterocycles. The van der Waals surface area contributed by atoms with Gasteiger partial charge in [0.15, 0.2) is 17.5 Å². The maximum Gasteiger partial charge on any atom is 0.167 e. The summed E-state index contributed by atoms with van der Waals surface area (Å²) in [5, 5.41) is 2.40. The zero-order valence-corrected chi connectivity index (χ0v) is 37.5. The highest BCUT2D eigenvalue weighted by molar-refractivity contribution is 5.79. The van der Waals surface area contributed by atoms with Crippen LogP contribution in [-0.4, -0.2) is 19.5 Å². The zero-order valence-electron chi connectivity index (χ0n) is 37.5. The number of ether oxygens (including phenoxy) is 1. The molecule has 64 heavy (non-hydrogen) atoms. The molecule has 0 N–H and O–H groups in total. The first-order valence-corrected chi connectivity index (χ1v) is 22.3. The number of rotatable bonds is 8. The third-order valence-corrected chi connectivity index (χ3v) is 13.6. The van der Waals surface area contributed by atoms with Gasteiger partial charge < -0.3 is 9.30 Å². The van der Waals surface area contributed by atoms with Crippen molar-refractivity contribution in [2.24, 2.45) is 5.41 Å². The van der Waals surface area contributed by atoms with Gasteiger partial charge in [0.2, 0.25) is 0 Å². The molecule has 0 unspecified atom stereocenters. The molecule has 5 aromatic carbocycles. The number of para-hydroxylation sites is 3. The molecule has 0 bridgehead atoms. The van der Waals surface area contributed by atoms with Crippen LogP contribution in [0.4, 0.5) is 0 Å². The minimum atomic E-state index is -0.371. The lowest BCUT2D eigenvalue weighted by atomic mass is 9.74. The average molecular weight is 833 g/mol. The van der Waals surface area contributed by atoms with E-state index >= 15 is 0 Å². The SMILES string of the molecule is C=C/C=C\C1=C(C)C(C)(C)C2=CCc3c(c(=C/Cc4cccc5c4Oc4c(-c6nc(-c7ccccc7)nc(-c7ccccc7)n6)cccc4C5(C)C)/c(=C\C)n3-c3ccccc3)C=C21. The van der Waals surface area contributed by atoms with Gasteiger partial charge >= 0.3 is 0 Å². The Balaban J connectivity index is 1.13. The maximum absolute atomic E-state index is 7.24. The van der Waals surface area contributed by atoms with Crippen molar-refractivity contribution in [3.05, 3.63) is 219 Å². The molecular weight excluding hydrogens is 781 g/mol. The Morgan fingerprint density at radius 3 is 1.95 bits per heavy atom. The summed E-state index contributed by atoms with van der Waals surface area (Å²) >= 11 is 0. The first kappa shape index (κ1) is 40.7. The highest BCUT2D eigenvalue weighted by Crippen LogP contribution is 2.53. The summed E-state index contributed by atoms with van der Waals surface area (Å²) in [6.45, 7) is 17.7. The van der Waals surface area contributed by atoms with Crippen molar-refractivity contribution in [3.8, 4) is 51.3 Å². The molecule has 10 rings (SSSR count). The topological polar surface area (TPSA) is 52.8 Å². The fourth-order valence-electron chi connectivity index (χ4n) is 9.94. The molecule has 0 saturated carbocycles. The summed E-state index contributed by atoms with van der Waals surface area (Å²) in [7, 11) is 0. The van der Waals surface area contributed by atoms with Crippen LogP contribution in [0.3, 0.4) is 0 Å². The van der Waals surface area contributed by atoms with Gasteiger partial charge in [-0.15, -0.1) is 0 Å². The molecule has 0 saturated heterocycles. The predicted octanol–water partition coefficient (Wildman–Crippen LogP) is 12.9. The second-order valence-electron chi connectivity index (χ2n) is 17.9. The molecule has 5 heteroatoms. The van der Waals surface area contributed by atoms with Gasteiger partial charge in [-0.2, -0.15) is 0 Å². The van der Waals surface area contributed by atoms with Gasteiger partial charge in [0, 0.05) is 67.0 Å². The lowest BCUT2D eigenvalue weighted by molar-refractivity contribution is 0.415. The Morgan fingerprint density at radius 1 is 0.703 bits per heavy atom. The van der Waals surface area contributed by atoms with Gasteiger partial charge in [-0.3, -0.25) is 0 Å². The third kappa shape index (κ3) is 6.74. The van der Waals surface area contributed by atoms with Crippen LogP contribution in [0.2, 0.25) is 0 Å². The molecule has 2 aromatic heterocycles. The summed E-state index contributed by atoms with van der Waals surface area (Å²) in [5.41, 5.74) is 14.6. The normalized spacial score (nSPS) is 16.3. The lowest BCUT2D eigenvalue weighted by Gasteiger charge is -2.36. The average Bonchev–Trinajstić information content (AvgIpc) is 3.60. The van der Waals surface area contributed by atoms with Crippen LogP contribution in [0.1, 0.15) is 69.5 Å². The van der Waals surface area contributed by atoms with Crippen molar-refractivity contribution in [2.45, 2.75) is 59.8 Å².